The number of hydrogen-bond acceptors (Lipinski definition) is 5. The van der Waals surface area contributed by atoms with Crippen molar-refractivity contribution in [3.05, 3.63) is 52.8 Å². The van der Waals surface area contributed by atoms with Crippen molar-refractivity contribution in [1.82, 2.24) is 29.5 Å². The highest BCUT2D eigenvalue weighted by atomic mass is 35.5. The lowest BCUT2D eigenvalue weighted by molar-refractivity contribution is 0.424. The fourth-order valence-electron chi connectivity index (χ4n) is 3.39. The number of aryl methyl sites for hydroxylation is 2. The van der Waals surface area contributed by atoms with Gasteiger partial charge in [0, 0.05) is 35.3 Å². The predicted octanol–water partition coefficient (Wildman–Crippen LogP) is 3.67. The molecule has 3 aromatic heterocycles. The minimum atomic E-state index is 0.429. The van der Waals surface area contributed by atoms with E-state index < -0.39 is 0 Å². The summed E-state index contributed by atoms with van der Waals surface area (Å²) in [6.07, 6.45) is 4.53. The SMILES string of the molecule is CCn1cc2c(n1)-c1cc(Cl)ccc1-n1cnc(-c3nc(C)no3)c1C2. The highest BCUT2D eigenvalue weighted by Gasteiger charge is 2.27. The normalized spacial score (nSPS) is 12.4. The Hall–Kier alpha value is -2.93. The van der Waals surface area contributed by atoms with E-state index in [0.717, 1.165) is 34.7 Å². The average molecular weight is 367 g/mol. The monoisotopic (exact) mass is 366 g/mol. The van der Waals surface area contributed by atoms with Gasteiger partial charge in [0.15, 0.2) is 11.5 Å². The van der Waals surface area contributed by atoms with E-state index in [1.807, 2.05) is 22.9 Å². The van der Waals surface area contributed by atoms with Gasteiger partial charge in [-0.2, -0.15) is 10.1 Å². The van der Waals surface area contributed by atoms with Crippen molar-refractivity contribution in [1.29, 1.82) is 0 Å². The topological polar surface area (TPSA) is 74.6 Å². The lowest BCUT2D eigenvalue weighted by atomic mass is 10.0. The molecule has 0 aliphatic carbocycles. The lowest BCUT2D eigenvalue weighted by Gasteiger charge is -2.09. The number of halogens is 1. The van der Waals surface area contributed by atoms with Gasteiger partial charge in [0.25, 0.3) is 5.89 Å². The summed E-state index contributed by atoms with van der Waals surface area (Å²) in [5, 5.41) is 9.32. The molecular weight excluding hydrogens is 352 g/mol. The Labute approximate surface area is 154 Å². The van der Waals surface area contributed by atoms with Gasteiger partial charge in [-0.25, -0.2) is 4.98 Å². The Kier molecular flexibility index (Phi) is 3.27. The second-order valence-electron chi connectivity index (χ2n) is 6.25. The van der Waals surface area contributed by atoms with Crippen LogP contribution in [0.2, 0.25) is 5.02 Å². The van der Waals surface area contributed by atoms with E-state index in [2.05, 4.69) is 32.8 Å². The summed E-state index contributed by atoms with van der Waals surface area (Å²) in [5.74, 6) is 1.01. The summed E-state index contributed by atoms with van der Waals surface area (Å²) < 4.78 is 9.35. The molecule has 0 saturated heterocycles. The van der Waals surface area contributed by atoms with Crippen LogP contribution in [0.3, 0.4) is 0 Å². The second kappa shape index (κ2) is 5.54. The molecule has 0 amide bonds. The standard InChI is InChI=1S/C18H15ClN6O/c1-3-24-8-11-6-15-17(18-21-10(2)23-26-18)20-9-25(15)14-5-4-12(19)7-13(14)16(11)22-24/h4-5,7-9H,3,6H2,1-2H3. The number of benzene rings is 1. The fourth-order valence-corrected chi connectivity index (χ4v) is 3.56. The van der Waals surface area contributed by atoms with E-state index in [0.29, 0.717) is 28.9 Å². The molecule has 0 bridgehead atoms. The van der Waals surface area contributed by atoms with Crippen molar-refractivity contribution < 1.29 is 4.52 Å². The van der Waals surface area contributed by atoms with Crippen LogP contribution in [-0.2, 0) is 13.0 Å². The molecule has 0 unspecified atom stereocenters. The Morgan fingerprint density at radius 1 is 1.27 bits per heavy atom. The van der Waals surface area contributed by atoms with E-state index in [1.54, 1.807) is 13.3 Å². The van der Waals surface area contributed by atoms with Crippen molar-refractivity contribution in [3.8, 4) is 28.5 Å². The molecule has 1 aromatic carbocycles. The van der Waals surface area contributed by atoms with E-state index in [-0.39, 0.29) is 0 Å². The third-order valence-electron chi connectivity index (χ3n) is 4.59. The van der Waals surface area contributed by atoms with Gasteiger partial charge in [-0.1, -0.05) is 16.8 Å². The first-order valence-electron chi connectivity index (χ1n) is 8.37. The molecule has 0 radical (unpaired) electrons. The molecule has 7 nitrogen and oxygen atoms in total. The van der Waals surface area contributed by atoms with E-state index in [4.69, 9.17) is 21.2 Å². The smallest absolute Gasteiger partial charge is 0.278 e. The number of rotatable bonds is 2. The zero-order chi connectivity index (χ0) is 17.8. The zero-order valence-corrected chi connectivity index (χ0v) is 15.0. The van der Waals surface area contributed by atoms with Gasteiger partial charge in [-0.15, -0.1) is 0 Å². The number of aromatic nitrogens is 6. The molecule has 0 N–H and O–H groups in total. The molecule has 26 heavy (non-hydrogen) atoms. The van der Waals surface area contributed by atoms with Gasteiger partial charge in [-0.3, -0.25) is 4.68 Å². The number of imidazole rings is 1. The van der Waals surface area contributed by atoms with Crippen LogP contribution in [0.1, 0.15) is 24.0 Å². The Balaban J connectivity index is 1.80. The summed E-state index contributed by atoms with van der Waals surface area (Å²) in [7, 11) is 0. The van der Waals surface area contributed by atoms with Gasteiger partial charge in [-0.05, 0) is 32.0 Å². The number of fused-ring (bicyclic) bond motifs is 5. The van der Waals surface area contributed by atoms with Gasteiger partial charge in [0.1, 0.15) is 6.33 Å². The predicted molar refractivity (Wildman–Crippen MR) is 96.3 cm³/mol. The molecular formula is C18H15ClN6O. The quantitative estimate of drug-likeness (QED) is 0.476. The second-order valence-corrected chi connectivity index (χ2v) is 6.69. The van der Waals surface area contributed by atoms with Crippen molar-refractivity contribution in [2.75, 3.05) is 0 Å². The first kappa shape index (κ1) is 15.3. The van der Waals surface area contributed by atoms with Crippen LogP contribution in [0.5, 0.6) is 0 Å². The maximum absolute atomic E-state index is 6.28. The van der Waals surface area contributed by atoms with E-state index >= 15 is 0 Å². The Bertz CT molecular complexity index is 1140. The maximum atomic E-state index is 6.28. The Morgan fingerprint density at radius 3 is 2.92 bits per heavy atom. The van der Waals surface area contributed by atoms with Crippen LogP contribution in [0.25, 0.3) is 28.5 Å². The van der Waals surface area contributed by atoms with E-state index in [9.17, 15) is 0 Å². The molecule has 1 aliphatic rings. The number of nitrogens with zero attached hydrogens (tertiary/aromatic N) is 6. The van der Waals surface area contributed by atoms with Gasteiger partial charge >= 0.3 is 0 Å². The summed E-state index contributed by atoms with van der Waals surface area (Å²) in [6, 6.07) is 5.82. The molecule has 0 spiro atoms. The van der Waals surface area contributed by atoms with Crippen LogP contribution < -0.4 is 0 Å². The van der Waals surface area contributed by atoms with Crippen LogP contribution >= 0.6 is 11.6 Å². The highest BCUT2D eigenvalue weighted by molar-refractivity contribution is 6.31. The molecule has 0 saturated carbocycles. The van der Waals surface area contributed by atoms with Gasteiger partial charge in [0.05, 0.1) is 17.1 Å². The van der Waals surface area contributed by atoms with E-state index in [1.165, 1.54) is 0 Å². The third kappa shape index (κ3) is 2.20. The largest absolute Gasteiger partial charge is 0.332 e. The summed E-state index contributed by atoms with van der Waals surface area (Å²) >= 11 is 6.28. The summed E-state index contributed by atoms with van der Waals surface area (Å²) in [5.41, 5.74) is 5.73. The molecule has 8 heteroatoms. The minimum absolute atomic E-state index is 0.429. The zero-order valence-electron chi connectivity index (χ0n) is 14.3. The van der Waals surface area contributed by atoms with Crippen LogP contribution in [-0.4, -0.2) is 29.5 Å². The highest BCUT2D eigenvalue weighted by Crippen LogP contribution is 2.38. The molecule has 4 heterocycles. The molecule has 4 aromatic rings. The van der Waals surface area contributed by atoms with Crippen molar-refractivity contribution >= 4 is 11.6 Å². The van der Waals surface area contributed by atoms with Crippen molar-refractivity contribution in [2.45, 2.75) is 26.8 Å². The average Bonchev–Trinajstić information content (AvgIpc) is 3.32. The molecule has 5 rings (SSSR count). The van der Waals surface area contributed by atoms with Gasteiger partial charge < -0.3 is 9.09 Å². The minimum Gasteiger partial charge on any atom is -0.332 e. The summed E-state index contributed by atoms with van der Waals surface area (Å²) in [4.78, 5) is 8.89. The number of hydrogen-bond donors (Lipinski definition) is 0. The first-order valence-corrected chi connectivity index (χ1v) is 8.75. The molecule has 0 fully saturated rings. The van der Waals surface area contributed by atoms with Gasteiger partial charge in [0.2, 0.25) is 0 Å². The van der Waals surface area contributed by atoms with Crippen molar-refractivity contribution in [2.24, 2.45) is 0 Å². The van der Waals surface area contributed by atoms with Crippen molar-refractivity contribution in [3.63, 3.8) is 0 Å². The third-order valence-corrected chi connectivity index (χ3v) is 4.82. The van der Waals surface area contributed by atoms with Crippen LogP contribution in [0, 0.1) is 6.92 Å². The molecule has 130 valence electrons. The molecule has 1 aliphatic heterocycles. The molecule has 0 atom stereocenters. The fraction of sp³-hybridized carbons (Fsp3) is 0.222. The van der Waals surface area contributed by atoms with Crippen LogP contribution in [0.4, 0.5) is 0 Å². The first-order chi connectivity index (χ1) is 12.6. The summed E-state index contributed by atoms with van der Waals surface area (Å²) in [6.45, 7) is 4.67. The lowest BCUT2D eigenvalue weighted by Crippen LogP contribution is -2.01. The van der Waals surface area contributed by atoms with Crippen LogP contribution in [0.15, 0.2) is 35.2 Å². The maximum Gasteiger partial charge on any atom is 0.278 e. The Morgan fingerprint density at radius 2 is 2.15 bits per heavy atom.